The lowest BCUT2D eigenvalue weighted by Gasteiger charge is -2.10. The van der Waals surface area contributed by atoms with Crippen LogP contribution < -0.4 is 4.74 Å². The summed E-state index contributed by atoms with van der Waals surface area (Å²) in [4.78, 5) is 0. The average molecular weight is 196 g/mol. The fourth-order valence-corrected chi connectivity index (χ4v) is 1.91. The Morgan fingerprint density at radius 3 is 3.14 bits per heavy atom. The second-order valence-corrected chi connectivity index (χ2v) is 3.74. The first-order chi connectivity index (χ1) is 6.68. The zero-order valence-corrected chi connectivity index (χ0v) is 8.03. The van der Waals surface area contributed by atoms with Crippen molar-refractivity contribution in [3.63, 3.8) is 0 Å². The fraction of sp³-hybridized carbons (Fsp3) is 0.455. The Morgan fingerprint density at radius 1 is 1.64 bits per heavy atom. The number of benzene rings is 1. The average Bonchev–Trinajstić information content (AvgIpc) is 2.49. The standard InChI is InChI=1S/C11H13FO2/c1-7(13)5-8-6-14-10-4-2-3-9(12)11(8)10/h2-4,7-8,13H,5-6H2,1H3. The number of rotatable bonds is 2. The van der Waals surface area contributed by atoms with Crippen molar-refractivity contribution in [1.29, 1.82) is 0 Å². The molecular formula is C11H13FO2. The van der Waals surface area contributed by atoms with Crippen molar-refractivity contribution in [2.45, 2.75) is 25.4 Å². The largest absolute Gasteiger partial charge is 0.493 e. The predicted molar refractivity (Wildman–Crippen MR) is 50.9 cm³/mol. The number of aliphatic hydroxyl groups excluding tert-OH is 1. The summed E-state index contributed by atoms with van der Waals surface area (Å²) < 4.78 is 18.8. The van der Waals surface area contributed by atoms with Crippen molar-refractivity contribution in [1.82, 2.24) is 0 Å². The quantitative estimate of drug-likeness (QED) is 0.784. The molecule has 1 aliphatic rings. The van der Waals surface area contributed by atoms with E-state index in [0.717, 1.165) is 0 Å². The highest BCUT2D eigenvalue weighted by Gasteiger charge is 2.28. The van der Waals surface area contributed by atoms with Crippen molar-refractivity contribution in [3.05, 3.63) is 29.6 Å². The first-order valence-corrected chi connectivity index (χ1v) is 4.77. The van der Waals surface area contributed by atoms with E-state index in [1.807, 2.05) is 0 Å². The minimum Gasteiger partial charge on any atom is -0.493 e. The molecule has 2 unspecified atom stereocenters. The van der Waals surface area contributed by atoms with E-state index in [9.17, 15) is 9.50 Å². The minimum absolute atomic E-state index is 0.00815. The van der Waals surface area contributed by atoms with Gasteiger partial charge in [-0.15, -0.1) is 0 Å². The molecule has 1 aromatic rings. The van der Waals surface area contributed by atoms with Crippen LogP contribution in [-0.2, 0) is 0 Å². The number of halogens is 1. The van der Waals surface area contributed by atoms with Crippen LogP contribution in [-0.4, -0.2) is 17.8 Å². The van der Waals surface area contributed by atoms with E-state index in [-0.39, 0.29) is 11.7 Å². The summed E-state index contributed by atoms with van der Waals surface area (Å²) in [6, 6.07) is 4.84. The molecule has 0 aliphatic carbocycles. The van der Waals surface area contributed by atoms with Gasteiger partial charge in [-0.2, -0.15) is 0 Å². The summed E-state index contributed by atoms with van der Waals surface area (Å²) in [5.74, 6) is 0.382. The van der Waals surface area contributed by atoms with Gasteiger partial charge in [-0.05, 0) is 25.5 Å². The molecule has 0 amide bonds. The maximum absolute atomic E-state index is 13.4. The molecule has 14 heavy (non-hydrogen) atoms. The van der Waals surface area contributed by atoms with Gasteiger partial charge in [-0.25, -0.2) is 4.39 Å². The first kappa shape index (κ1) is 9.46. The van der Waals surface area contributed by atoms with E-state index in [0.29, 0.717) is 24.3 Å². The highest BCUT2D eigenvalue weighted by atomic mass is 19.1. The van der Waals surface area contributed by atoms with Crippen LogP contribution in [0.5, 0.6) is 5.75 Å². The first-order valence-electron chi connectivity index (χ1n) is 4.77. The summed E-state index contributed by atoms with van der Waals surface area (Å²) in [5.41, 5.74) is 0.619. The molecule has 1 aliphatic heterocycles. The van der Waals surface area contributed by atoms with E-state index in [4.69, 9.17) is 4.74 Å². The van der Waals surface area contributed by atoms with E-state index >= 15 is 0 Å². The van der Waals surface area contributed by atoms with Gasteiger partial charge in [0, 0.05) is 11.5 Å². The third-order valence-corrected chi connectivity index (χ3v) is 2.49. The maximum Gasteiger partial charge on any atom is 0.130 e. The molecule has 0 aromatic heterocycles. The molecule has 0 saturated carbocycles. The smallest absolute Gasteiger partial charge is 0.130 e. The number of aliphatic hydroxyl groups is 1. The van der Waals surface area contributed by atoms with Crippen LogP contribution in [0.25, 0.3) is 0 Å². The van der Waals surface area contributed by atoms with E-state index in [1.165, 1.54) is 6.07 Å². The molecule has 0 fully saturated rings. The zero-order valence-electron chi connectivity index (χ0n) is 8.03. The summed E-state index contributed by atoms with van der Waals surface area (Å²) in [5, 5.41) is 9.25. The van der Waals surface area contributed by atoms with Gasteiger partial charge in [0.05, 0.1) is 12.7 Å². The normalized spacial score (nSPS) is 21.5. The van der Waals surface area contributed by atoms with Crippen LogP contribution in [0.15, 0.2) is 18.2 Å². The third-order valence-electron chi connectivity index (χ3n) is 2.49. The Kier molecular flexibility index (Phi) is 2.42. The number of ether oxygens (including phenoxy) is 1. The lowest BCUT2D eigenvalue weighted by molar-refractivity contribution is 0.166. The van der Waals surface area contributed by atoms with Crippen molar-refractivity contribution in [3.8, 4) is 5.75 Å². The lowest BCUT2D eigenvalue weighted by Crippen LogP contribution is -2.10. The summed E-state index contributed by atoms with van der Waals surface area (Å²) in [7, 11) is 0. The molecule has 0 bridgehead atoms. The second-order valence-electron chi connectivity index (χ2n) is 3.74. The molecular weight excluding hydrogens is 183 g/mol. The van der Waals surface area contributed by atoms with Crippen LogP contribution in [0, 0.1) is 5.82 Å². The molecule has 0 saturated heterocycles. The van der Waals surface area contributed by atoms with Gasteiger partial charge in [0.15, 0.2) is 0 Å². The Bertz CT molecular complexity index is 336. The Hall–Kier alpha value is -1.09. The number of hydrogen-bond donors (Lipinski definition) is 1. The van der Waals surface area contributed by atoms with Crippen molar-refractivity contribution < 1.29 is 14.2 Å². The summed E-state index contributed by atoms with van der Waals surface area (Å²) in [6.45, 7) is 2.18. The highest BCUT2D eigenvalue weighted by molar-refractivity contribution is 5.40. The minimum atomic E-state index is -0.422. The molecule has 0 radical (unpaired) electrons. The second kappa shape index (κ2) is 3.58. The van der Waals surface area contributed by atoms with Gasteiger partial charge in [0.2, 0.25) is 0 Å². The monoisotopic (exact) mass is 196 g/mol. The molecule has 0 spiro atoms. The molecule has 1 N–H and O–H groups in total. The van der Waals surface area contributed by atoms with E-state index < -0.39 is 6.10 Å². The highest BCUT2D eigenvalue weighted by Crippen LogP contribution is 2.37. The topological polar surface area (TPSA) is 29.5 Å². The van der Waals surface area contributed by atoms with Crippen LogP contribution in [0.3, 0.4) is 0 Å². The molecule has 2 atom stereocenters. The van der Waals surface area contributed by atoms with Gasteiger partial charge in [-0.3, -0.25) is 0 Å². The van der Waals surface area contributed by atoms with Crippen LogP contribution in [0.2, 0.25) is 0 Å². The number of fused-ring (bicyclic) bond motifs is 1. The van der Waals surface area contributed by atoms with Crippen LogP contribution >= 0.6 is 0 Å². The molecule has 76 valence electrons. The third kappa shape index (κ3) is 1.60. The SMILES string of the molecule is CC(O)CC1COc2cccc(F)c21. The Balaban J connectivity index is 2.29. The fourth-order valence-electron chi connectivity index (χ4n) is 1.91. The van der Waals surface area contributed by atoms with Crippen molar-refractivity contribution in [2.24, 2.45) is 0 Å². The van der Waals surface area contributed by atoms with E-state index in [2.05, 4.69) is 0 Å². The van der Waals surface area contributed by atoms with Gasteiger partial charge in [0.1, 0.15) is 11.6 Å². The summed E-state index contributed by atoms with van der Waals surface area (Å²) in [6.07, 6.45) is 0.127. The molecule has 2 nitrogen and oxygen atoms in total. The van der Waals surface area contributed by atoms with Gasteiger partial charge in [-0.1, -0.05) is 6.07 Å². The predicted octanol–water partition coefficient (Wildman–Crippen LogP) is 2.07. The molecule has 2 rings (SSSR count). The van der Waals surface area contributed by atoms with Gasteiger partial charge in [0.25, 0.3) is 0 Å². The molecule has 1 heterocycles. The van der Waals surface area contributed by atoms with Crippen molar-refractivity contribution >= 4 is 0 Å². The maximum atomic E-state index is 13.4. The number of hydrogen-bond acceptors (Lipinski definition) is 2. The Labute approximate surface area is 82.3 Å². The van der Waals surface area contributed by atoms with Crippen LogP contribution in [0.1, 0.15) is 24.8 Å². The molecule has 3 heteroatoms. The van der Waals surface area contributed by atoms with Gasteiger partial charge >= 0.3 is 0 Å². The Morgan fingerprint density at radius 2 is 2.43 bits per heavy atom. The molecule has 1 aromatic carbocycles. The van der Waals surface area contributed by atoms with Gasteiger partial charge < -0.3 is 9.84 Å². The van der Waals surface area contributed by atoms with Crippen molar-refractivity contribution in [2.75, 3.05) is 6.61 Å². The summed E-state index contributed by atoms with van der Waals surface area (Å²) >= 11 is 0. The lowest BCUT2D eigenvalue weighted by atomic mass is 9.95. The zero-order chi connectivity index (χ0) is 10.1. The van der Waals surface area contributed by atoms with E-state index in [1.54, 1.807) is 19.1 Å². The van der Waals surface area contributed by atoms with Crippen LogP contribution in [0.4, 0.5) is 4.39 Å².